The number of benzene rings is 4. The summed E-state index contributed by atoms with van der Waals surface area (Å²) in [5.41, 5.74) is 1.02. The number of ether oxygens (including phenoxy) is 1. The molecule has 33 heavy (non-hydrogen) atoms. The molecule has 0 aromatic heterocycles. The van der Waals surface area contributed by atoms with E-state index in [0.29, 0.717) is 0 Å². The molecule has 0 spiro atoms. The molecule has 4 rings (SSSR count). The third-order valence-corrected chi connectivity index (χ3v) is 16.1. The molecule has 1 nitrogen and oxygen atoms in total. The van der Waals surface area contributed by atoms with Crippen LogP contribution in [-0.4, -0.2) is 13.3 Å². The van der Waals surface area contributed by atoms with Crippen molar-refractivity contribution in [2.45, 2.75) is 12.8 Å². The zero-order valence-corrected chi connectivity index (χ0v) is 21.3. The monoisotopic (exact) mass is 514 g/mol. The van der Waals surface area contributed by atoms with Crippen LogP contribution in [0, 0.1) is 11.8 Å². The molecule has 0 unspecified atom stereocenters. The number of rotatable bonds is 7. The van der Waals surface area contributed by atoms with Crippen LogP contribution in [0.5, 0.6) is 5.75 Å². The normalized spacial score (nSPS) is 12.1. The number of hydrogen-bond donors (Lipinski definition) is 0. The van der Waals surface area contributed by atoms with Crippen molar-refractivity contribution in [2.75, 3.05) is 13.3 Å². The fraction of sp³-hybridized carbons (Fsp3) is 0.133. The molecule has 0 radical (unpaired) electrons. The van der Waals surface area contributed by atoms with Crippen LogP contribution in [0.25, 0.3) is 0 Å². The minimum absolute atomic E-state index is 0.835. The second-order valence-corrected chi connectivity index (χ2v) is 17.1. The Kier molecular flexibility index (Phi) is 7.34. The Morgan fingerprint density at radius 1 is 0.667 bits per heavy atom. The predicted molar refractivity (Wildman–Crippen MR) is 148 cm³/mol. The zero-order chi connectivity index (χ0) is 23.0. The van der Waals surface area contributed by atoms with Crippen molar-refractivity contribution in [3.63, 3.8) is 0 Å². The van der Waals surface area contributed by atoms with Crippen molar-refractivity contribution in [2.24, 2.45) is 0 Å². The van der Waals surface area contributed by atoms with Crippen molar-refractivity contribution >= 4 is 36.7 Å². The van der Waals surface area contributed by atoms with Gasteiger partial charge < -0.3 is 0 Å². The van der Waals surface area contributed by atoms with E-state index in [9.17, 15) is 0 Å². The van der Waals surface area contributed by atoms with Gasteiger partial charge in [-0.1, -0.05) is 0 Å². The second kappa shape index (κ2) is 10.4. The summed E-state index contributed by atoms with van der Waals surface area (Å²) >= 11 is 4.50. The van der Waals surface area contributed by atoms with Crippen molar-refractivity contribution in [1.29, 1.82) is 0 Å². The van der Waals surface area contributed by atoms with Crippen LogP contribution < -0.4 is 20.7 Å². The Hall–Kier alpha value is -2.85. The molecular formula is C30H28BrOP. The summed E-state index contributed by atoms with van der Waals surface area (Å²) in [6.07, 6.45) is 2.83. The quantitative estimate of drug-likeness (QED) is 0.152. The Morgan fingerprint density at radius 2 is 1.12 bits per heavy atom. The molecule has 0 fully saturated rings. The van der Waals surface area contributed by atoms with Gasteiger partial charge >= 0.3 is 206 Å². The topological polar surface area (TPSA) is 9.23 Å². The summed E-state index contributed by atoms with van der Waals surface area (Å²) in [6.45, 7) is 0. The summed E-state index contributed by atoms with van der Waals surface area (Å²) in [6, 6.07) is 40.7. The van der Waals surface area contributed by atoms with E-state index < -0.39 is 5.31 Å². The predicted octanol–water partition coefficient (Wildman–Crippen LogP) is 6.67. The molecular weight excluding hydrogens is 487 g/mol. The summed E-state index contributed by atoms with van der Waals surface area (Å²) in [5, 5.41) is 1.20. The average molecular weight is 515 g/mol. The molecule has 0 aliphatic carbocycles. The van der Waals surface area contributed by atoms with E-state index in [1.807, 2.05) is 24.3 Å². The molecule has 4 aromatic rings. The molecule has 0 saturated carbocycles. The summed E-state index contributed by atoms with van der Waals surface area (Å²) < 4.78 is 5.24. The molecule has 166 valence electrons. The Labute approximate surface area is 205 Å². The van der Waals surface area contributed by atoms with Crippen LogP contribution in [0.15, 0.2) is 115 Å². The standard InChI is InChI=1S/C30H28BrOP/c1-32-27-23-21-26(22-24-27)14-6-5-13-25-33(31,28-15-7-2-8-16-28,29-17-9-3-10-18-29)30-19-11-4-12-20-30/h2-4,7-12,15-24H,5,13,25H2,1H3. The number of halogens is 1. The Balaban J connectivity index is 1.70. The summed E-state index contributed by atoms with van der Waals surface area (Å²) in [7, 11) is 1.68. The molecule has 0 atom stereocenters. The van der Waals surface area contributed by atoms with Gasteiger partial charge in [-0.15, -0.1) is 0 Å². The van der Waals surface area contributed by atoms with Crippen molar-refractivity contribution in [3.8, 4) is 17.6 Å². The molecule has 3 heteroatoms. The molecule has 4 aromatic carbocycles. The number of unbranched alkanes of at least 4 members (excludes halogenated alkanes) is 1. The maximum atomic E-state index is 5.24. The van der Waals surface area contributed by atoms with E-state index in [4.69, 9.17) is 4.74 Å². The van der Waals surface area contributed by atoms with Gasteiger partial charge in [0.1, 0.15) is 0 Å². The van der Waals surface area contributed by atoms with E-state index in [1.165, 1.54) is 15.9 Å². The molecule has 0 bridgehead atoms. The van der Waals surface area contributed by atoms with E-state index in [2.05, 4.69) is 118 Å². The van der Waals surface area contributed by atoms with Crippen LogP contribution in [0.4, 0.5) is 0 Å². The van der Waals surface area contributed by atoms with Gasteiger partial charge in [-0.3, -0.25) is 0 Å². The number of hydrogen-bond acceptors (Lipinski definition) is 1. The van der Waals surface area contributed by atoms with Crippen molar-refractivity contribution in [3.05, 3.63) is 121 Å². The van der Waals surface area contributed by atoms with Crippen LogP contribution in [0.1, 0.15) is 18.4 Å². The Bertz CT molecular complexity index is 1130. The van der Waals surface area contributed by atoms with Gasteiger partial charge in [0, 0.05) is 0 Å². The first-order valence-electron chi connectivity index (χ1n) is 11.2. The van der Waals surface area contributed by atoms with Crippen LogP contribution >= 0.6 is 20.8 Å². The summed E-state index contributed by atoms with van der Waals surface area (Å²) in [4.78, 5) is 0. The zero-order valence-electron chi connectivity index (χ0n) is 18.8. The molecule has 0 heterocycles. The van der Waals surface area contributed by atoms with Gasteiger partial charge in [-0.2, -0.15) is 0 Å². The average Bonchev–Trinajstić information content (AvgIpc) is 2.90. The molecule has 0 aliphatic rings. The van der Waals surface area contributed by atoms with E-state index in [1.54, 1.807) is 7.11 Å². The Morgan fingerprint density at radius 3 is 1.55 bits per heavy atom. The van der Waals surface area contributed by atoms with Crippen molar-refractivity contribution in [1.82, 2.24) is 0 Å². The van der Waals surface area contributed by atoms with Crippen LogP contribution in [-0.2, 0) is 0 Å². The first kappa shape index (κ1) is 23.3. The van der Waals surface area contributed by atoms with Crippen LogP contribution in [0.3, 0.4) is 0 Å². The van der Waals surface area contributed by atoms with Gasteiger partial charge in [0.2, 0.25) is 0 Å². The maximum absolute atomic E-state index is 5.24. The van der Waals surface area contributed by atoms with E-state index in [-0.39, 0.29) is 0 Å². The van der Waals surface area contributed by atoms with E-state index in [0.717, 1.165) is 30.3 Å². The second-order valence-electron chi connectivity index (χ2n) is 8.05. The number of methoxy groups -OCH3 is 1. The first-order chi connectivity index (χ1) is 16.1. The van der Waals surface area contributed by atoms with Crippen LogP contribution in [0.2, 0.25) is 0 Å². The SMILES string of the molecule is COc1ccc(C#CCCCP(Br)(c2ccccc2)(c2ccccc2)c2ccccc2)cc1. The van der Waals surface area contributed by atoms with Gasteiger partial charge in [0.25, 0.3) is 0 Å². The third kappa shape index (κ3) is 4.77. The van der Waals surface area contributed by atoms with Crippen molar-refractivity contribution < 1.29 is 4.74 Å². The fourth-order valence-corrected chi connectivity index (χ4v) is 12.0. The van der Waals surface area contributed by atoms with Gasteiger partial charge in [0.15, 0.2) is 0 Å². The molecule has 0 amide bonds. The van der Waals surface area contributed by atoms with Gasteiger partial charge in [0.05, 0.1) is 0 Å². The third-order valence-electron chi connectivity index (χ3n) is 6.09. The van der Waals surface area contributed by atoms with E-state index >= 15 is 0 Å². The first-order valence-corrected chi connectivity index (χ1v) is 15.6. The molecule has 0 saturated heterocycles. The van der Waals surface area contributed by atoms with Gasteiger partial charge in [-0.05, 0) is 0 Å². The summed E-state index contributed by atoms with van der Waals surface area (Å²) in [5.74, 6) is 7.55. The fourth-order valence-electron chi connectivity index (χ4n) is 4.35. The molecule has 0 N–H and O–H groups in total. The molecule has 0 aliphatic heterocycles. The van der Waals surface area contributed by atoms with Gasteiger partial charge in [-0.25, -0.2) is 0 Å². The minimum atomic E-state index is -2.85.